The Kier molecular flexibility index (Phi) is 4.45. The fourth-order valence-electron chi connectivity index (χ4n) is 3.28. The normalized spacial score (nSPS) is 24.4. The van der Waals surface area contributed by atoms with Crippen LogP contribution in [0.4, 0.5) is 0 Å². The van der Waals surface area contributed by atoms with Crippen LogP contribution in [0.1, 0.15) is 29.8 Å². The van der Waals surface area contributed by atoms with Crippen molar-refractivity contribution in [2.75, 3.05) is 33.3 Å². The van der Waals surface area contributed by atoms with Gasteiger partial charge < -0.3 is 9.64 Å². The van der Waals surface area contributed by atoms with Gasteiger partial charge in [0.05, 0.1) is 12.3 Å². The molecule has 6 nitrogen and oxygen atoms in total. The average Bonchev–Trinajstić information content (AvgIpc) is 3.04. The Morgan fingerprint density at radius 2 is 2.05 bits per heavy atom. The Bertz CT molecular complexity index is 474. The van der Waals surface area contributed by atoms with Crippen LogP contribution in [0.25, 0.3) is 0 Å². The number of likely N-dealkylation sites (tertiary alicyclic amines) is 2. The third kappa shape index (κ3) is 3.22. The van der Waals surface area contributed by atoms with Crippen molar-refractivity contribution in [3.8, 4) is 0 Å². The van der Waals surface area contributed by atoms with Crippen molar-refractivity contribution in [2.45, 2.75) is 31.4 Å². The Hall–Kier alpha value is -1.53. The minimum absolute atomic E-state index is 0.00209. The lowest BCUT2D eigenvalue weighted by Crippen LogP contribution is -2.46. The second-order valence-corrected chi connectivity index (χ2v) is 5.76. The van der Waals surface area contributed by atoms with E-state index in [4.69, 9.17) is 4.74 Å². The zero-order valence-electron chi connectivity index (χ0n) is 12.4. The van der Waals surface area contributed by atoms with Crippen molar-refractivity contribution in [3.63, 3.8) is 0 Å². The summed E-state index contributed by atoms with van der Waals surface area (Å²) in [6, 6.07) is 0.580. The molecule has 0 saturated carbocycles. The number of ether oxygens (including phenoxy) is 1. The van der Waals surface area contributed by atoms with Crippen LogP contribution in [0.2, 0.25) is 0 Å². The summed E-state index contributed by atoms with van der Waals surface area (Å²) in [4.78, 5) is 24.8. The molecule has 1 atom stereocenters. The van der Waals surface area contributed by atoms with Crippen molar-refractivity contribution in [2.24, 2.45) is 0 Å². The van der Waals surface area contributed by atoms with Gasteiger partial charge in [-0.3, -0.25) is 14.7 Å². The van der Waals surface area contributed by atoms with Gasteiger partial charge >= 0.3 is 0 Å². The number of aromatic nitrogens is 2. The highest BCUT2D eigenvalue weighted by Crippen LogP contribution is 2.23. The molecule has 2 saturated heterocycles. The number of methoxy groups -OCH3 is 1. The Morgan fingerprint density at radius 3 is 2.67 bits per heavy atom. The number of nitrogens with zero attached hydrogens (tertiary/aromatic N) is 4. The van der Waals surface area contributed by atoms with Crippen LogP contribution in [0, 0.1) is 0 Å². The molecule has 1 aromatic rings. The third-order valence-corrected chi connectivity index (χ3v) is 4.56. The maximum Gasteiger partial charge on any atom is 0.274 e. The lowest BCUT2D eigenvalue weighted by molar-refractivity contribution is 0.0597. The van der Waals surface area contributed by atoms with Gasteiger partial charge in [-0.05, 0) is 19.3 Å². The molecule has 0 bridgehead atoms. The number of carbonyl (C=O) groups is 1. The monoisotopic (exact) mass is 290 g/mol. The molecule has 114 valence electrons. The summed E-state index contributed by atoms with van der Waals surface area (Å²) in [5.74, 6) is -0.00209. The first kappa shape index (κ1) is 14.4. The van der Waals surface area contributed by atoms with E-state index in [0.29, 0.717) is 17.8 Å². The molecule has 2 fully saturated rings. The van der Waals surface area contributed by atoms with E-state index in [-0.39, 0.29) is 5.91 Å². The second kappa shape index (κ2) is 6.49. The van der Waals surface area contributed by atoms with Gasteiger partial charge in [0, 0.05) is 51.7 Å². The number of amides is 1. The van der Waals surface area contributed by atoms with Crippen LogP contribution in [0.3, 0.4) is 0 Å². The van der Waals surface area contributed by atoms with E-state index >= 15 is 0 Å². The molecule has 1 amide bonds. The molecular weight excluding hydrogens is 268 g/mol. The van der Waals surface area contributed by atoms with Gasteiger partial charge in [0.1, 0.15) is 5.69 Å². The molecule has 0 spiro atoms. The van der Waals surface area contributed by atoms with E-state index in [1.54, 1.807) is 19.5 Å². The van der Waals surface area contributed by atoms with Crippen molar-refractivity contribution < 1.29 is 9.53 Å². The van der Waals surface area contributed by atoms with Crippen LogP contribution in [0.15, 0.2) is 18.6 Å². The maximum absolute atomic E-state index is 12.3. The van der Waals surface area contributed by atoms with Gasteiger partial charge in [-0.1, -0.05) is 0 Å². The maximum atomic E-state index is 12.3. The summed E-state index contributed by atoms with van der Waals surface area (Å²) < 4.78 is 5.43. The van der Waals surface area contributed by atoms with E-state index in [1.165, 1.54) is 6.20 Å². The number of carbonyl (C=O) groups excluding carboxylic acids is 1. The van der Waals surface area contributed by atoms with Crippen LogP contribution < -0.4 is 0 Å². The topological polar surface area (TPSA) is 58.6 Å². The zero-order valence-corrected chi connectivity index (χ0v) is 12.4. The molecule has 0 aliphatic carbocycles. The highest BCUT2D eigenvalue weighted by atomic mass is 16.5. The van der Waals surface area contributed by atoms with E-state index in [9.17, 15) is 4.79 Å². The van der Waals surface area contributed by atoms with Crippen molar-refractivity contribution in [1.29, 1.82) is 0 Å². The SMILES string of the molecule is COC1CCN(C2CCN(C(=O)c3cnccn3)CC2)C1. The smallest absolute Gasteiger partial charge is 0.274 e. The first-order chi connectivity index (χ1) is 10.3. The van der Waals surface area contributed by atoms with Gasteiger partial charge in [-0.2, -0.15) is 0 Å². The molecule has 1 unspecified atom stereocenters. The van der Waals surface area contributed by atoms with E-state index in [0.717, 1.165) is 45.4 Å². The van der Waals surface area contributed by atoms with Gasteiger partial charge in [0.25, 0.3) is 5.91 Å². The lowest BCUT2D eigenvalue weighted by atomic mass is 10.0. The van der Waals surface area contributed by atoms with E-state index in [2.05, 4.69) is 14.9 Å². The predicted molar refractivity (Wildman–Crippen MR) is 77.9 cm³/mol. The van der Waals surface area contributed by atoms with Crippen LogP contribution in [0.5, 0.6) is 0 Å². The molecule has 0 N–H and O–H groups in total. The van der Waals surface area contributed by atoms with Crippen LogP contribution >= 0.6 is 0 Å². The van der Waals surface area contributed by atoms with Gasteiger partial charge in [0.2, 0.25) is 0 Å². The quantitative estimate of drug-likeness (QED) is 0.824. The molecule has 3 rings (SSSR count). The summed E-state index contributed by atoms with van der Waals surface area (Å²) in [6.45, 7) is 3.74. The minimum Gasteiger partial charge on any atom is -0.380 e. The highest BCUT2D eigenvalue weighted by molar-refractivity contribution is 5.92. The largest absolute Gasteiger partial charge is 0.380 e. The standard InChI is InChI=1S/C15H22N4O2/c1-21-13-4-9-19(11-13)12-2-7-18(8-3-12)15(20)14-10-16-5-6-17-14/h5-6,10,12-13H,2-4,7-9,11H2,1H3. The number of piperidine rings is 1. The van der Waals surface area contributed by atoms with E-state index < -0.39 is 0 Å². The first-order valence-electron chi connectivity index (χ1n) is 7.60. The molecular formula is C15H22N4O2. The molecule has 6 heteroatoms. The minimum atomic E-state index is -0.00209. The zero-order chi connectivity index (χ0) is 14.7. The average molecular weight is 290 g/mol. The fraction of sp³-hybridized carbons (Fsp3) is 0.667. The third-order valence-electron chi connectivity index (χ3n) is 4.56. The van der Waals surface area contributed by atoms with Crippen molar-refractivity contribution >= 4 is 5.91 Å². The van der Waals surface area contributed by atoms with Crippen molar-refractivity contribution in [3.05, 3.63) is 24.3 Å². The Balaban J connectivity index is 1.52. The lowest BCUT2D eigenvalue weighted by Gasteiger charge is -2.36. The fourth-order valence-corrected chi connectivity index (χ4v) is 3.28. The van der Waals surface area contributed by atoms with Gasteiger partial charge in [-0.25, -0.2) is 4.98 Å². The summed E-state index contributed by atoms with van der Waals surface area (Å²) in [7, 11) is 1.79. The summed E-state index contributed by atoms with van der Waals surface area (Å²) in [5, 5.41) is 0. The molecule has 0 radical (unpaired) electrons. The molecule has 3 heterocycles. The number of rotatable bonds is 3. The molecule has 0 aromatic carbocycles. The first-order valence-corrected chi connectivity index (χ1v) is 7.60. The van der Waals surface area contributed by atoms with Gasteiger partial charge in [-0.15, -0.1) is 0 Å². The summed E-state index contributed by atoms with van der Waals surface area (Å²) in [5.41, 5.74) is 0.441. The Labute approximate surface area is 125 Å². The summed E-state index contributed by atoms with van der Waals surface area (Å²) in [6.07, 6.45) is 8.25. The van der Waals surface area contributed by atoms with Gasteiger partial charge in [0.15, 0.2) is 0 Å². The summed E-state index contributed by atoms with van der Waals surface area (Å²) >= 11 is 0. The second-order valence-electron chi connectivity index (χ2n) is 5.76. The number of hydrogen-bond donors (Lipinski definition) is 0. The number of hydrogen-bond acceptors (Lipinski definition) is 5. The molecule has 2 aliphatic rings. The van der Waals surface area contributed by atoms with E-state index in [1.807, 2.05) is 4.90 Å². The van der Waals surface area contributed by atoms with Crippen LogP contribution in [-0.2, 0) is 4.74 Å². The van der Waals surface area contributed by atoms with Crippen LogP contribution in [-0.4, -0.2) is 71.1 Å². The highest BCUT2D eigenvalue weighted by Gasteiger charge is 2.32. The predicted octanol–water partition coefficient (Wildman–Crippen LogP) is 0.802. The molecule has 21 heavy (non-hydrogen) atoms. The van der Waals surface area contributed by atoms with Crippen molar-refractivity contribution in [1.82, 2.24) is 19.8 Å². The molecule has 2 aliphatic heterocycles. The Morgan fingerprint density at radius 1 is 1.24 bits per heavy atom. The molecule has 1 aromatic heterocycles.